The van der Waals surface area contributed by atoms with E-state index in [0.29, 0.717) is 0 Å². The summed E-state index contributed by atoms with van der Waals surface area (Å²) in [6, 6.07) is 13.6. The summed E-state index contributed by atoms with van der Waals surface area (Å²) in [5.41, 5.74) is 4.81. The van der Waals surface area contributed by atoms with Crippen molar-refractivity contribution in [3.63, 3.8) is 0 Å². The van der Waals surface area contributed by atoms with Crippen LogP contribution in [0.15, 0.2) is 63.5 Å². The number of halogens is 2. The van der Waals surface area contributed by atoms with Gasteiger partial charge in [0.1, 0.15) is 0 Å². The van der Waals surface area contributed by atoms with Crippen LogP contribution in [0.5, 0.6) is 0 Å². The van der Waals surface area contributed by atoms with Gasteiger partial charge < -0.3 is 24.8 Å². The topological polar surface area (TPSA) is 0 Å². The van der Waals surface area contributed by atoms with Crippen molar-refractivity contribution in [2.45, 2.75) is 63.0 Å². The third kappa shape index (κ3) is 6.32. The van der Waals surface area contributed by atoms with Gasteiger partial charge in [0.15, 0.2) is 0 Å². The second-order valence-corrected chi connectivity index (χ2v) is 24.0. The van der Waals surface area contributed by atoms with Crippen LogP contribution in [0, 0.1) is 0 Å². The molecular formula is C26H35Cl2SiZr. The molecule has 0 nitrogen and oxygen atoms in total. The van der Waals surface area contributed by atoms with Gasteiger partial charge in [0.2, 0.25) is 0 Å². The van der Waals surface area contributed by atoms with Crippen LogP contribution >= 0.6 is 0 Å². The number of fused-ring (bicyclic) bond motifs is 3. The molecule has 0 saturated carbocycles. The molecule has 4 heteroatoms. The fraction of sp³-hybridized carbons (Fsp3) is 0.385. The van der Waals surface area contributed by atoms with Crippen LogP contribution in [0.4, 0.5) is 0 Å². The maximum atomic E-state index is 2.56. The molecule has 30 heavy (non-hydrogen) atoms. The van der Waals surface area contributed by atoms with Crippen molar-refractivity contribution in [3.05, 3.63) is 74.6 Å². The molecule has 1 atom stereocenters. The fourth-order valence-corrected chi connectivity index (χ4v) is 22.2. The summed E-state index contributed by atoms with van der Waals surface area (Å²) >= 11 is -1.49. The Balaban J connectivity index is 0.000000500. The van der Waals surface area contributed by atoms with E-state index in [0.717, 1.165) is 3.63 Å². The minimum absolute atomic E-state index is 0. The SMILES string of the molecule is CCCCCC.C[SiH2][Zr+2]([C]1=CC=CC1)[CH]1C(C)=Cc2c1ccc1ccccc21.[Cl-].[Cl-]. The first-order valence-electron chi connectivity index (χ1n) is 11.1. The van der Waals surface area contributed by atoms with Crippen molar-refractivity contribution < 1.29 is 45.7 Å². The van der Waals surface area contributed by atoms with Crippen molar-refractivity contribution in [2.24, 2.45) is 0 Å². The van der Waals surface area contributed by atoms with E-state index < -0.39 is 20.9 Å². The molecule has 161 valence electrons. The largest absolute Gasteiger partial charge is 1.00 e. The van der Waals surface area contributed by atoms with E-state index in [1.54, 1.807) is 11.1 Å². The Labute approximate surface area is 205 Å². The molecule has 2 aliphatic carbocycles. The van der Waals surface area contributed by atoms with Gasteiger partial charge in [-0.15, -0.1) is 0 Å². The zero-order chi connectivity index (χ0) is 19.9. The molecule has 0 heterocycles. The molecule has 1 unspecified atom stereocenters. The zero-order valence-corrected chi connectivity index (χ0v) is 24.2. The molecule has 4 rings (SSSR count). The molecule has 0 N–H and O–H groups in total. The van der Waals surface area contributed by atoms with E-state index >= 15 is 0 Å². The van der Waals surface area contributed by atoms with Crippen LogP contribution in [0.25, 0.3) is 16.8 Å². The monoisotopic (exact) mass is 535 g/mol. The van der Waals surface area contributed by atoms with Gasteiger partial charge in [-0.3, -0.25) is 0 Å². The molecule has 0 fully saturated rings. The quantitative estimate of drug-likeness (QED) is 0.387. The fourth-order valence-electron chi connectivity index (χ4n) is 4.55. The van der Waals surface area contributed by atoms with Gasteiger partial charge in [-0.1, -0.05) is 39.5 Å². The van der Waals surface area contributed by atoms with Crippen molar-refractivity contribution in [2.75, 3.05) is 0 Å². The molecule has 0 amide bonds. The van der Waals surface area contributed by atoms with Gasteiger partial charge in [0.05, 0.1) is 0 Å². The number of allylic oxidation sites excluding steroid dienone is 5. The van der Waals surface area contributed by atoms with Crippen LogP contribution in [0.1, 0.15) is 67.6 Å². The maximum absolute atomic E-state index is 2.56. The van der Waals surface area contributed by atoms with Crippen molar-refractivity contribution in [1.82, 2.24) is 0 Å². The van der Waals surface area contributed by atoms with E-state index in [2.05, 4.69) is 88.0 Å². The maximum Gasteiger partial charge on any atom is -1.00 e. The van der Waals surface area contributed by atoms with Gasteiger partial charge in [-0.05, 0) is 0 Å². The molecule has 2 aromatic rings. The van der Waals surface area contributed by atoms with E-state index in [-0.39, 0.29) is 31.5 Å². The van der Waals surface area contributed by atoms with E-state index in [9.17, 15) is 0 Å². The predicted molar refractivity (Wildman–Crippen MR) is 126 cm³/mol. The number of benzene rings is 2. The van der Waals surface area contributed by atoms with Gasteiger partial charge in [-0.2, -0.15) is 0 Å². The predicted octanol–water partition coefficient (Wildman–Crippen LogP) is 1.49. The first kappa shape index (κ1) is 27.6. The van der Waals surface area contributed by atoms with Crippen molar-refractivity contribution in [1.29, 1.82) is 0 Å². The first-order chi connectivity index (χ1) is 13.7. The summed E-state index contributed by atoms with van der Waals surface area (Å²) in [6.07, 6.45) is 16.4. The van der Waals surface area contributed by atoms with E-state index in [1.165, 1.54) is 48.4 Å². The van der Waals surface area contributed by atoms with Crippen LogP contribution in [-0.2, 0) is 20.9 Å². The standard InChI is InChI=1S/C14H11.C6H14.C5H5.CH5Si.2ClH.Zr/c1-10-8-12-7-6-11-4-2-3-5-13(11)14(12)9-10;1-3-5-6-4-2;1-2-4-5-3-1;1-2;;;/h2-9H,1H3;3-6H2,1-2H3;1-3H,4H2;2H2,1H3;2*1H;/q;;;;;;+2/p-2. The summed E-state index contributed by atoms with van der Waals surface area (Å²) < 4.78 is 2.67. The molecular weight excluding hydrogens is 503 g/mol. The Hall–Kier alpha value is -0.400. The summed E-state index contributed by atoms with van der Waals surface area (Å²) in [5.74, 6) is 0. The Morgan fingerprint density at radius 1 is 1.00 bits per heavy atom. The molecule has 2 aliphatic rings. The van der Waals surface area contributed by atoms with Gasteiger partial charge in [0, 0.05) is 0 Å². The van der Waals surface area contributed by atoms with Crippen LogP contribution < -0.4 is 24.8 Å². The molecule has 0 bridgehead atoms. The molecule has 0 aliphatic heterocycles. The minimum atomic E-state index is -1.49. The molecule has 0 saturated heterocycles. The molecule has 0 spiro atoms. The van der Waals surface area contributed by atoms with Gasteiger partial charge in [-0.25, -0.2) is 0 Å². The molecule has 0 radical (unpaired) electrons. The van der Waals surface area contributed by atoms with E-state index in [4.69, 9.17) is 0 Å². The molecule has 2 aromatic carbocycles. The first-order valence-corrected chi connectivity index (χ1v) is 21.1. The summed E-state index contributed by atoms with van der Waals surface area (Å²) in [6.45, 7) is 9.50. The summed E-state index contributed by atoms with van der Waals surface area (Å²) in [7, 11) is 0. The third-order valence-corrected chi connectivity index (χ3v) is 24.0. The summed E-state index contributed by atoms with van der Waals surface area (Å²) in [5, 5.41) is 2.83. The van der Waals surface area contributed by atoms with Crippen LogP contribution in [0.3, 0.4) is 0 Å². The smallest absolute Gasteiger partial charge is 1.00 e. The Kier molecular flexibility index (Phi) is 12.8. The van der Waals surface area contributed by atoms with Crippen LogP contribution in [-0.4, -0.2) is 6.65 Å². The Morgan fingerprint density at radius 2 is 1.70 bits per heavy atom. The van der Waals surface area contributed by atoms with Crippen molar-refractivity contribution in [3.8, 4) is 0 Å². The average molecular weight is 538 g/mol. The normalized spacial score (nSPS) is 16.3. The average Bonchev–Trinajstić information content (AvgIpc) is 3.36. The Morgan fingerprint density at radius 3 is 2.30 bits per heavy atom. The van der Waals surface area contributed by atoms with E-state index in [1.807, 2.05) is 3.28 Å². The number of hydrogen-bond donors (Lipinski definition) is 0. The number of hydrogen-bond acceptors (Lipinski definition) is 0. The zero-order valence-electron chi connectivity index (χ0n) is 18.8. The van der Waals surface area contributed by atoms with Gasteiger partial charge >= 0.3 is 143 Å². The van der Waals surface area contributed by atoms with Gasteiger partial charge in [0.25, 0.3) is 0 Å². The second kappa shape index (κ2) is 13.9. The van der Waals surface area contributed by atoms with Crippen LogP contribution in [0.2, 0.25) is 6.55 Å². The molecule has 0 aromatic heterocycles. The Bertz CT molecular complexity index is 897. The second-order valence-electron chi connectivity index (χ2n) is 8.02. The number of unbranched alkanes of at least 4 members (excludes halogenated alkanes) is 3. The van der Waals surface area contributed by atoms with Crippen molar-refractivity contribution >= 4 is 23.5 Å². The minimum Gasteiger partial charge on any atom is -1.00 e. The summed E-state index contributed by atoms with van der Waals surface area (Å²) in [4.78, 5) is 0. The third-order valence-electron chi connectivity index (χ3n) is 6.01. The number of rotatable bonds is 6.